The maximum absolute atomic E-state index is 11.3. The number of rotatable bonds is 3. The minimum Gasteiger partial charge on any atom is -0.478 e. The third-order valence-electron chi connectivity index (χ3n) is 3.75. The number of hydrogen-bond donors (Lipinski definition) is 4. The summed E-state index contributed by atoms with van der Waals surface area (Å²) in [6.07, 6.45) is 1.95. The van der Waals surface area contributed by atoms with E-state index in [1.807, 2.05) is 30.5 Å². The molecule has 0 saturated heterocycles. The van der Waals surface area contributed by atoms with Crippen LogP contribution in [0.2, 0.25) is 0 Å². The Morgan fingerprint density at radius 1 is 1.26 bits per heavy atom. The second kappa shape index (κ2) is 5.60. The third-order valence-corrected chi connectivity index (χ3v) is 4.55. The molecule has 0 aliphatic carbocycles. The first kappa shape index (κ1) is 15.4. The van der Waals surface area contributed by atoms with Gasteiger partial charge in [-0.1, -0.05) is 18.2 Å². The van der Waals surface area contributed by atoms with Gasteiger partial charge in [-0.2, -0.15) is 0 Å². The molecule has 6 N–H and O–H groups in total. The number of anilines is 1. The summed E-state index contributed by atoms with van der Waals surface area (Å²) in [7, 11) is 0. The summed E-state index contributed by atoms with van der Waals surface area (Å²) in [6.45, 7) is 0. The maximum Gasteiger partial charge on any atom is 0.335 e. The maximum atomic E-state index is 11.3. The van der Waals surface area contributed by atoms with E-state index in [0.29, 0.717) is 11.3 Å². The van der Waals surface area contributed by atoms with Crippen LogP contribution >= 0.6 is 11.8 Å². The standard InChI is InChI=1S/C16H16N4O2S/c1-23-13-5-3-2-4-10(13)16(18)11-8-9(14(21)22)6-7-12(11)19-15(17)20-16/h2-8H,18H2,1H3,(H,21,22)(H3,17,19,20). The highest BCUT2D eigenvalue weighted by Crippen LogP contribution is 2.40. The summed E-state index contributed by atoms with van der Waals surface area (Å²) in [6, 6.07) is 12.3. The van der Waals surface area contributed by atoms with Crippen LogP contribution in [0.25, 0.3) is 0 Å². The first-order chi connectivity index (χ1) is 11.0. The van der Waals surface area contributed by atoms with Gasteiger partial charge in [0.25, 0.3) is 0 Å². The number of aliphatic imine (C=N–C) groups is 1. The van der Waals surface area contributed by atoms with Crippen molar-refractivity contribution in [2.45, 2.75) is 10.6 Å². The minimum atomic E-state index is -1.24. The van der Waals surface area contributed by atoms with Crippen LogP contribution in [0.3, 0.4) is 0 Å². The van der Waals surface area contributed by atoms with Crippen LogP contribution in [0.5, 0.6) is 0 Å². The number of carbonyl (C=O) groups is 1. The molecule has 0 aromatic heterocycles. The van der Waals surface area contributed by atoms with Crippen LogP contribution in [-0.2, 0) is 5.66 Å². The molecule has 0 spiro atoms. The second-order valence-corrected chi connectivity index (χ2v) is 6.00. The van der Waals surface area contributed by atoms with Crippen molar-refractivity contribution in [2.24, 2.45) is 16.5 Å². The van der Waals surface area contributed by atoms with Gasteiger partial charge in [0.2, 0.25) is 0 Å². The highest BCUT2D eigenvalue weighted by Gasteiger charge is 2.37. The van der Waals surface area contributed by atoms with Crippen molar-refractivity contribution >= 4 is 29.4 Å². The number of guanidine groups is 1. The number of nitrogens with one attached hydrogen (secondary N) is 1. The smallest absolute Gasteiger partial charge is 0.335 e. The second-order valence-electron chi connectivity index (χ2n) is 5.15. The molecule has 0 saturated carbocycles. The fourth-order valence-electron chi connectivity index (χ4n) is 2.68. The monoisotopic (exact) mass is 328 g/mol. The molecular formula is C16H16N4O2S. The summed E-state index contributed by atoms with van der Waals surface area (Å²) >= 11 is 1.55. The van der Waals surface area contributed by atoms with E-state index in [4.69, 9.17) is 11.5 Å². The van der Waals surface area contributed by atoms with Gasteiger partial charge in [0, 0.05) is 21.7 Å². The molecular weight excluding hydrogens is 312 g/mol. The van der Waals surface area contributed by atoms with Crippen molar-refractivity contribution in [1.29, 1.82) is 0 Å². The van der Waals surface area contributed by atoms with Gasteiger partial charge < -0.3 is 16.2 Å². The SMILES string of the molecule is CSc1ccccc1C1(N)N=C(N)Nc2ccc(C(=O)O)cc21. The molecule has 0 bridgehead atoms. The van der Waals surface area contributed by atoms with Gasteiger partial charge in [0.15, 0.2) is 11.6 Å². The lowest BCUT2D eigenvalue weighted by atomic mass is 9.89. The average Bonchev–Trinajstić information content (AvgIpc) is 2.54. The molecule has 1 atom stereocenters. The molecule has 0 radical (unpaired) electrons. The molecule has 7 heteroatoms. The number of fused-ring (bicyclic) bond motifs is 1. The number of hydrogen-bond acceptors (Lipinski definition) is 6. The first-order valence-corrected chi connectivity index (χ1v) is 8.10. The third kappa shape index (κ3) is 2.54. The van der Waals surface area contributed by atoms with E-state index in [1.54, 1.807) is 17.8 Å². The quantitative estimate of drug-likeness (QED) is 0.641. The van der Waals surface area contributed by atoms with Gasteiger partial charge in [-0.05, 0) is 30.5 Å². The van der Waals surface area contributed by atoms with Crippen LogP contribution in [0.1, 0.15) is 21.5 Å². The number of benzene rings is 2. The topological polar surface area (TPSA) is 114 Å². The fraction of sp³-hybridized carbons (Fsp3) is 0.125. The number of nitrogens with zero attached hydrogens (tertiary/aromatic N) is 1. The Morgan fingerprint density at radius 2 is 2.00 bits per heavy atom. The highest BCUT2D eigenvalue weighted by molar-refractivity contribution is 7.98. The van der Waals surface area contributed by atoms with Gasteiger partial charge in [0.05, 0.1) is 5.56 Å². The molecule has 2 aromatic rings. The van der Waals surface area contributed by atoms with Gasteiger partial charge in [-0.15, -0.1) is 11.8 Å². The zero-order chi connectivity index (χ0) is 16.6. The minimum absolute atomic E-state index is 0.151. The van der Waals surface area contributed by atoms with E-state index < -0.39 is 11.6 Å². The summed E-state index contributed by atoms with van der Waals surface area (Å²) in [5, 5.41) is 12.2. The predicted octanol–water partition coefficient (Wildman–Crippen LogP) is 2.01. The molecule has 118 valence electrons. The van der Waals surface area contributed by atoms with Crippen LogP contribution < -0.4 is 16.8 Å². The summed E-state index contributed by atoms with van der Waals surface area (Å²) in [5.74, 6) is -0.824. The molecule has 3 rings (SSSR count). The molecule has 1 aliphatic heterocycles. The largest absolute Gasteiger partial charge is 0.478 e. The molecule has 6 nitrogen and oxygen atoms in total. The molecule has 1 unspecified atom stereocenters. The Bertz CT molecular complexity index is 821. The van der Waals surface area contributed by atoms with Crippen LogP contribution in [0.4, 0.5) is 5.69 Å². The Hall–Kier alpha value is -2.51. The lowest BCUT2D eigenvalue weighted by Crippen LogP contribution is -2.44. The number of carboxylic acid groups (broad SMARTS) is 1. The molecule has 23 heavy (non-hydrogen) atoms. The van der Waals surface area contributed by atoms with Crippen molar-refractivity contribution in [3.05, 3.63) is 59.2 Å². The van der Waals surface area contributed by atoms with E-state index in [-0.39, 0.29) is 11.5 Å². The Kier molecular flexibility index (Phi) is 3.75. The van der Waals surface area contributed by atoms with E-state index in [2.05, 4.69) is 10.3 Å². The number of carboxylic acids is 1. The number of nitrogens with two attached hydrogens (primary N) is 2. The zero-order valence-electron chi connectivity index (χ0n) is 12.4. The van der Waals surface area contributed by atoms with Crippen LogP contribution in [0, 0.1) is 0 Å². The van der Waals surface area contributed by atoms with Crippen LogP contribution in [-0.4, -0.2) is 23.3 Å². The van der Waals surface area contributed by atoms with Crippen molar-refractivity contribution < 1.29 is 9.90 Å². The zero-order valence-corrected chi connectivity index (χ0v) is 13.2. The Morgan fingerprint density at radius 3 is 2.70 bits per heavy atom. The van der Waals surface area contributed by atoms with E-state index >= 15 is 0 Å². The summed E-state index contributed by atoms with van der Waals surface area (Å²) in [4.78, 5) is 16.6. The Balaban J connectivity index is 2.28. The summed E-state index contributed by atoms with van der Waals surface area (Å²) < 4.78 is 0. The van der Waals surface area contributed by atoms with E-state index in [9.17, 15) is 9.90 Å². The van der Waals surface area contributed by atoms with Crippen molar-refractivity contribution in [1.82, 2.24) is 0 Å². The van der Waals surface area contributed by atoms with Gasteiger partial charge in [-0.3, -0.25) is 5.73 Å². The van der Waals surface area contributed by atoms with E-state index in [1.165, 1.54) is 12.1 Å². The molecule has 2 aromatic carbocycles. The average molecular weight is 328 g/mol. The van der Waals surface area contributed by atoms with Gasteiger partial charge >= 0.3 is 5.97 Å². The van der Waals surface area contributed by atoms with Crippen LogP contribution in [0.15, 0.2) is 52.4 Å². The molecule has 1 aliphatic rings. The number of thioether (sulfide) groups is 1. The first-order valence-electron chi connectivity index (χ1n) is 6.88. The van der Waals surface area contributed by atoms with E-state index in [0.717, 1.165) is 10.5 Å². The predicted molar refractivity (Wildman–Crippen MR) is 91.8 cm³/mol. The van der Waals surface area contributed by atoms with Crippen molar-refractivity contribution in [3.8, 4) is 0 Å². The lowest BCUT2D eigenvalue weighted by molar-refractivity contribution is 0.0696. The van der Waals surface area contributed by atoms with Gasteiger partial charge in [0.1, 0.15) is 0 Å². The molecule has 0 fully saturated rings. The Labute approximate surface area is 137 Å². The highest BCUT2D eigenvalue weighted by atomic mass is 32.2. The van der Waals surface area contributed by atoms with Crippen molar-refractivity contribution in [2.75, 3.05) is 11.6 Å². The fourth-order valence-corrected chi connectivity index (χ4v) is 3.34. The summed E-state index contributed by atoms with van der Waals surface area (Å²) in [5.41, 5.74) is 13.4. The van der Waals surface area contributed by atoms with Gasteiger partial charge in [-0.25, -0.2) is 9.79 Å². The number of aromatic carboxylic acids is 1. The molecule has 1 heterocycles. The lowest BCUT2D eigenvalue weighted by Gasteiger charge is -2.34. The normalized spacial score (nSPS) is 19.5. The van der Waals surface area contributed by atoms with Crippen molar-refractivity contribution in [3.63, 3.8) is 0 Å². The molecule has 0 amide bonds.